The summed E-state index contributed by atoms with van der Waals surface area (Å²) in [5.74, 6) is -0.0870. The van der Waals surface area contributed by atoms with Gasteiger partial charge in [0.1, 0.15) is 0 Å². The molecule has 1 aromatic heterocycles. The number of halogens is 1. The lowest BCUT2D eigenvalue weighted by Crippen LogP contribution is -2.10. The van der Waals surface area contributed by atoms with Crippen molar-refractivity contribution in [3.63, 3.8) is 0 Å². The molecule has 0 saturated carbocycles. The van der Waals surface area contributed by atoms with Crippen LogP contribution in [0.2, 0.25) is 0 Å². The van der Waals surface area contributed by atoms with Crippen LogP contribution in [0.5, 0.6) is 0 Å². The van der Waals surface area contributed by atoms with Crippen LogP contribution in [0.3, 0.4) is 0 Å². The molecule has 0 aliphatic rings. The number of hydrogen-bond acceptors (Lipinski definition) is 3. The van der Waals surface area contributed by atoms with Crippen LogP contribution in [-0.2, 0) is 9.53 Å². The number of aromatic nitrogens is 2. The van der Waals surface area contributed by atoms with Crippen LogP contribution in [0.4, 0.5) is 0 Å². The minimum Gasteiger partial charge on any atom is -0.442 e. The number of carbonyl (C=O) groups excluding carboxylic acids is 1. The van der Waals surface area contributed by atoms with Gasteiger partial charge in [-0.25, -0.2) is 4.98 Å². The zero-order chi connectivity index (χ0) is 15.6. The van der Waals surface area contributed by atoms with E-state index in [1.165, 1.54) is 23.6 Å². The summed E-state index contributed by atoms with van der Waals surface area (Å²) >= 11 is 0. The highest BCUT2D eigenvalue weighted by atomic mass is 35.5. The average molecular weight is 323 g/mol. The zero-order valence-electron chi connectivity index (χ0n) is 13.7. The fourth-order valence-corrected chi connectivity index (χ4v) is 2.48. The number of imidazole rings is 1. The van der Waals surface area contributed by atoms with Crippen LogP contribution in [0.1, 0.15) is 55.3 Å². The summed E-state index contributed by atoms with van der Waals surface area (Å²) in [7, 11) is 0. The lowest BCUT2D eigenvalue weighted by atomic mass is 9.92. The third-order valence-electron chi connectivity index (χ3n) is 3.93. The molecule has 1 aromatic carbocycles. The molecule has 5 heteroatoms. The van der Waals surface area contributed by atoms with Gasteiger partial charge in [0.15, 0.2) is 6.23 Å². The Bertz CT molecular complexity index is 652. The van der Waals surface area contributed by atoms with Crippen LogP contribution < -0.4 is 0 Å². The van der Waals surface area contributed by atoms with E-state index in [9.17, 15) is 4.79 Å². The number of esters is 1. The molecular weight excluding hydrogens is 300 g/mol. The summed E-state index contributed by atoms with van der Waals surface area (Å²) in [4.78, 5) is 15.5. The number of hydrogen-bond donors (Lipinski definition) is 0. The molecule has 1 heterocycles. The molecule has 0 N–H and O–H groups in total. The molecule has 0 radical (unpaired) electrons. The molecule has 1 unspecified atom stereocenters. The van der Waals surface area contributed by atoms with E-state index in [-0.39, 0.29) is 30.5 Å². The summed E-state index contributed by atoms with van der Waals surface area (Å²) in [5.41, 5.74) is 4.84. The molecule has 0 fully saturated rings. The molecule has 2 rings (SSSR count). The Kier molecular flexibility index (Phi) is 6.18. The van der Waals surface area contributed by atoms with Gasteiger partial charge in [0.2, 0.25) is 0 Å². The normalized spacial score (nSPS) is 13.1. The van der Waals surface area contributed by atoms with Crippen molar-refractivity contribution >= 4 is 18.4 Å². The van der Waals surface area contributed by atoms with E-state index in [4.69, 9.17) is 4.74 Å². The van der Waals surface area contributed by atoms with E-state index in [0.29, 0.717) is 0 Å². The maximum absolute atomic E-state index is 11.0. The molecule has 2 aromatic rings. The highest BCUT2D eigenvalue weighted by Crippen LogP contribution is 2.27. The fourth-order valence-electron chi connectivity index (χ4n) is 2.48. The summed E-state index contributed by atoms with van der Waals surface area (Å²) < 4.78 is 6.98. The van der Waals surface area contributed by atoms with Gasteiger partial charge in [0.05, 0.1) is 12.0 Å². The van der Waals surface area contributed by atoms with Crippen molar-refractivity contribution < 1.29 is 9.53 Å². The van der Waals surface area contributed by atoms with Gasteiger partial charge in [0, 0.05) is 19.0 Å². The summed E-state index contributed by atoms with van der Waals surface area (Å²) in [5, 5.41) is 0. The second-order valence-electron chi connectivity index (χ2n) is 5.47. The molecule has 120 valence electrons. The van der Waals surface area contributed by atoms with Crippen molar-refractivity contribution in [1.29, 1.82) is 0 Å². The molecule has 0 spiro atoms. The second kappa shape index (κ2) is 7.45. The van der Waals surface area contributed by atoms with Crippen LogP contribution in [0.25, 0.3) is 0 Å². The Morgan fingerprint density at radius 3 is 2.59 bits per heavy atom. The van der Waals surface area contributed by atoms with Crippen molar-refractivity contribution in [3.8, 4) is 0 Å². The maximum atomic E-state index is 11.0. The number of carbonyl (C=O) groups is 1. The largest absolute Gasteiger partial charge is 0.442 e. The van der Waals surface area contributed by atoms with Gasteiger partial charge in [-0.2, -0.15) is 0 Å². The van der Waals surface area contributed by atoms with Gasteiger partial charge in [0.25, 0.3) is 0 Å². The van der Waals surface area contributed by atoms with Gasteiger partial charge in [-0.05, 0) is 37.5 Å². The first kappa shape index (κ1) is 18.2. The fraction of sp³-hybridized carbons (Fsp3) is 0.412. The topological polar surface area (TPSA) is 44.1 Å². The highest BCUT2D eigenvalue weighted by molar-refractivity contribution is 5.85. The molecule has 0 saturated heterocycles. The summed E-state index contributed by atoms with van der Waals surface area (Å²) in [6, 6.07) is 6.33. The standard InChI is InChI=1S/C17H22N2O2.ClH/c1-11-7-6-8-16(12(11)2)13(3)17-9-19(10-18-17)14(4)21-15(5)20;/h6-10,13-14H,1-5H3;1H/t13-,14?;/m0./s1. The number of nitrogens with zero attached hydrogens (tertiary/aromatic N) is 2. The second-order valence-corrected chi connectivity index (χ2v) is 5.47. The van der Waals surface area contributed by atoms with Crippen molar-refractivity contribution in [1.82, 2.24) is 9.55 Å². The zero-order valence-corrected chi connectivity index (χ0v) is 14.5. The van der Waals surface area contributed by atoms with Crippen LogP contribution >= 0.6 is 12.4 Å². The first-order chi connectivity index (χ1) is 9.90. The number of aryl methyl sites for hydroxylation is 1. The molecular formula is C17H23ClN2O2. The van der Waals surface area contributed by atoms with Crippen molar-refractivity contribution in [2.24, 2.45) is 0 Å². The molecule has 0 amide bonds. The minimum absolute atomic E-state index is 0. The Morgan fingerprint density at radius 1 is 1.27 bits per heavy atom. The molecule has 2 atom stereocenters. The van der Waals surface area contributed by atoms with E-state index in [1.54, 1.807) is 6.33 Å². The number of ether oxygens (including phenoxy) is 1. The molecule has 0 bridgehead atoms. The summed E-state index contributed by atoms with van der Waals surface area (Å²) in [6.07, 6.45) is 3.32. The highest BCUT2D eigenvalue weighted by Gasteiger charge is 2.16. The van der Waals surface area contributed by atoms with E-state index in [2.05, 4.69) is 44.0 Å². The van der Waals surface area contributed by atoms with Gasteiger partial charge >= 0.3 is 5.97 Å². The van der Waals surface area contributed by atoms with E-state index in [1.807, 2.05) is 17.7 Å². The third-order valence-corrected chi connectivity index (χ3v) is 3.93. The lowest BCUT2D eigenvalue weighted by molar-refractivity contribution is -0.149. The Hall–Kier alpha value is -1.81. The number of rotatable bonds is 4. The maximum Gasteiger partial charge on any atom is 0.304 e. The molecule has 0 aliphatic carbocycles. The SMILES string of the molecule is CC(=O)OC(C)n1cnc([C@@H](C)c2cccc(C)c2C)c1.Cl. The van der Waals surface area contributed by atoms with Crippen molar-refractivity contribution in [2.75, 3.05) is 0 Å². The molecule has 0 aliphatic heterocycles. The quantitative estimate of drug-likeness (QED) is 0.794. The summed E-state index contributed by atoms with van der Waals surface area (Å²) in [6.45, 7) is 9.64. The first-order valence-corrected chi connectivity index (χ1v) is 7.17. The first-order valence-electron chi connectivity index (χ1n) is 7.17. The predicted octanol–water partition coefficient (Wildman–Crippen LogP) is 4.16. The van der Waals surface area contributed by atoms with Crippen LogP contribution in [0, 0.1) is 13.8 Å². The van der Waals surface area contributed by atoms with Crippen LogP contribution in [-0.4, -0.2) is 15.5 Å². The van der Waals surface area contributed by atoms with Gasteiger partial charge in [-0.3, -0.25) is 4.79 Å². The minimum atomic E-state index is -0.338. The monoisotopic (exact) mass is 322 g/mol. The number of benzene rings is 1. The van der Waals surface area contributed by atoms with Gasteiger partial charge in [-0.1, -0.05) is 25.1 Å². The van der Waals surface area contributed by atoms with Gasteiger partial charge < -0.3 is 9.30 Å². The van der Waals surface area contributed by atoms with Crippen molar-refractivity contribution in [2.45, 2.75) is 46.8 Å². The van der Waals surface area contributed by atoms with Crippen molar-refractivity contribution in [3.05, 3.63) is 53.1 Å². The van der Waals surface area contributed by atoms with E-state index in [0.717, 1.165) is 5.69 Å². The Labute approximate surface area is 137 Å². The van der Waals surface area contributed by atoms with Crippen LogP contribution in [0.15, 0.2) is 30.7 Å². The third kappa shape index (κ3) is 3.89. The lowest BCUT2D eigenvalue weighted by Gasteiger charge is -2.15. The van der Waals surface area contributed by atoms with E-state index >= 15 is 0 Å². The smallest absolute Gasteiger partial charge is 0.304 e. The Balaban J connectivity index is 0.00000242. The molecule has 22 heavy (non-hydrogen) atoms. The predicted molar refractivity (Wildman–Crippen MR) is 89.4 cm³/mol. The van der Waals surface area contributed by atoms with Gasteiger partial charge in [-0.15, -0.1) is 12.4 Å². The Morgan fingerprint density at radius 2 is 1.95 bits per heavy atom. The van der Waals surface area contributed by atoms with E-state index < -0.39 is 0 Å². The molecule has 4 nitrogen and oxygen atoms in total. The average Bonchev–Trinajstić information content (AvgIpc) is 2.90.